The molecule has 3 aromatic rings. The molecule has 2 heterocycles. The lowest BCUT2D eigenvalue weighted by Gasteiger charge is -2.08. The minimum Gasteiger partial charge on any atom is -0.353 e. The van der Waals surface area contributed by atoms with Crippen LogP contribution in [-0.2, 0) is 17.9 Å². The smallest absolute Gasteiger partial charge is 0.266 e. The maximum Gasteiger partial charge on any atom is 0.266 e. The third-order valence-electron chi connectivity index (χ3n) is 4.24. The van der Waals surface area contributed by atoms with Crippen molar-refractivity contribution in [2.24, 2.45) is 0 Å². The molecule has 25 heavy (non-hydrogen) atoms. The first-order valence-electron chi connectivity index (χ1n) is 8.34. The fourth-order valence-electron chi connectivity index (χ4n) is 2.75. The van der Waals surface area contributed by atoms with Gasteiger partial charge in [0.25, 0.3) is 5.56 Å². The first-order valence-corrected chi connectivity index (χ1v) is 8.34. The Kier molecular flexibility index (Phi) is 4.01. The number of carbonyl (C=O) groups is 1. The number of amides is 1. The average molecular weight is 338 g/mol. The van der Waals surface area contributed by atoms with Gasteiger partial charge in [0, 0.05) is 18.5 Å². The number of carbonyl (C=O) groups excluding carboxylic acids is 1. The Morgan fingerprint density at radius 1 is 1.16 bits per heavy atom. The highest BCUT2D eigenvalue weighted by molar-refractivity contribution is 5.79. The van der Waals surface area contributed by atoms with Gasteiger partial charge in [-0.1, -0.05) is 17.3 Å². The molecular weight excluding hydrogens is 320 g/mol. The monoisotopic (exact) mass is 338 g/mol. The van der Waals surface area contributed by atoms with Crippen molar-refractivity contribution < 1.29 is 4.79 Å². The highest BCUT2D eigenvalue weighted by atomic mass is 16.2. The molecule has 0 spiro atoms. The molecule has 0 atom stereocenters. The van der Waals surface area contributed by atoms with E-state index in [9.17, 15) is 9.59 Å². The van der Waals surface area contributed by atoms with E-state index < -0.39 is 0 Å². The summed E-state index contributed by atoms with van der Waals surface area (Å²) in [5, 5.41) is 15.2. The van der Waals surface area contributed by atoms with Gasteiger partial charge in [-0.3, -0.25) is 9.59 Å². The van der Waals surface area contributed by atoms with E-state index in [-0.39, 0.29) is 18.0 Å². The number of fused-ring (bicyclic) bond motifs is 1. The highest BCUT2D eigenvalue weighted by Crippen LogP contribution is 2.38. The molecule has 1 N–H and O–H groups in total. The van der Waals surface area contributed by atoms with Gasteiger partial charge in [0.2, 0.25) is 5.91 Å². The number of nitrogens with one attached hydrogen (secondary N) is 1. The van der Waals surface area contributed by atoms with Crippen molar-refractivity contribution in [2.45, 2.75) is 31.8 Å². The molecule has 0 saturated heterocycles. The molecule has 1 fully saturated rings. The molecule has 128 valence electrons. The number of rotatable bonds is 6. The van der Waals surface area contributed by atoms with Crippen LogP contribution in [-0.4, -0.2) is 37.2 Å². The van der Waals surface area contributed by atoms with Crippen molar-refractivity contribution in [1.82, 2.24) is 30.1 Å². The van der Waals surface area contributed by atoms with Crippen LogP contribution in [0.25, 0.3) is 11.0 Å². The first-order chi connectivity index (χ1) is 12.2. The summed E-state index contributed by atoms with van der Waals surface area (Å²) in [4.78, 5) is 24.0. The van der Waals surface area contributed by atoms with Gasteiger partial charge in [0.1, 0.15) is 12.1 Å². The number of para-hydroxylation sites is 1. The number of nitrogens with zero attached hydrogens (tertiary/aromatic N) is 5. The number of benzene rings is 1. The third kappa shape index (κ3) is 3.42. The van der Waals surface area contributed by atoms with Gasteiger partial charge in [-0.25, -0.2) is 9.36 Å². The Morgan fingerprint density at radius 3 is 2.84 bits per heavy atom. The van der Waals surface area contributed by atoms with Crippen LogP contribution in [0.3, 0.4) is 0 Å². The number of hydrogen-bond donors (Lipinski definition) is 1. The molecule has 4 rings (SSSR count). The van der Waals surface area contributed by atoms with Crippen LogP contribution in [0.4, 0.5) is 0 Å². The zero-order chi connectivity index (χ0) is 17.2. The van der Waals surface area contributed by atoms with Gasteiger partial charge < -0.3 is 5.32 Å². The lowest BCUT2D eigenvalue weighted by Crippen LogP contribution is -2.34. The molecule has 1 aliphatic carbocycles. The van der Waals surface area contributed by atoms with Gasteiger partial charge in [-0.2, -0.15) is 5.10 Å². The van der Waals surface area contributed by atoms with E-state index in [0.717, 1.165) is 29.6 Å². The van der Waals surface area contributed by atoms with Gasteiger partial charge in [-0.05, 0) is 31.0 Å². The zero-order valence-corrected chi connectivity index (χ0v) is 13.6. The largest absolute Gasteiger partial charge is 0.353 e. The molecular formula is C17H18N6O2. The second kappa shape index (κ2) is 6.46. The van der Waals surface area contributed by atoms with E-state index in [2.05, 4.69) is 20.7 Å². The predicted molar refractivity (Wildman–Crippen MR) is 91.0 cm³/mol. The quantitative estimate of drug-likeness (QED) is 0.713. The summed E-state index contributed by atoms with van der Waals surface area (Å²) in [6, 6.07) is 10.8. The van der Waals surface area contributed by atoms with Gasteiger partial charge in [0.05, 0.1) is 17.8 Å². The summed E-state index contributed by atoms with van der Waals surface area (Å²) < 4.78 is 2.97. The molecule has 1 saturated carbocycles. The van der Waals surface area contributed by atoms with Crippen molar-refractivity contribution >= 4 is 16.9 Å². The molecule has 0 unspecified atom stereocenters. The summed E-state index contributed by atoms with van der Waals surface area (Å²) in [6.45, 7) is 0.778. The molecule has 0 radical (unpaired) electrons. The second-order valence-corrected chi connectivity index (χ2v) is 6.18. The topological polar surface area (TPSA) is 94.7 Å². The van der Waals surface area contributed by atoms with E-state index in [4.69, 9.17) is 0 Å². The lowest BCUT2D eigenvalue weighted by molar-refractivity contribution is -0.121. The molecule has 2 aromatic heterocycles. The summed E-state index contributed by atoms with van der Waals surface area (Å²) in [7, 11) is 0. The Bertz CT molecular complexity index is 972. The zero-order valence-electron chi connectivity index (χ0n) is 13.6. The first kappa shape index (κ1) is 15.5. The van der Waals surface area contributed by atoms with Gasteiger partial charge in [0.15, 0.2) is 0 Å². The fourth-order valence-corrected chi connectivity index (χ4v) is 2.75. The highest BCUT2D eigenvalue weighted by Gasteiger charge is 2.25. The molecule has 8 heteroatoms. The minimum absolute atomic E-state index is 0.0882. The molecule has 0 bridgehead atoms. The molecule has 1 aromatic carbocycles. The molecule has 1 amide bonds. The Balaban J connectivity index is 1.35. The Morgan fingerprint density at radius 2 is 2.00 bits per heavy atom. The van der Waals surface area contributed by atoms with E-state index in [1.54, 1.807) is 16.8 Å². The van der Waals surface area contributed by atoms with Crippen LogP contribution < -0.4 is 10.9 Å². The van der Waals surface area contributed by atoms with Crippen molar-refractivity contribution in [3.8, 4) is 0 Å². The number of aromatic nitrogens is 5. The van der Waals surface area contributed by atoms with Crippen LogP contribution in [0.1, 0.15) is 24.5 Å². The third-order valence-corrected chi connectivity index (χ3v) is 4.24. The van der Waals surface area contributed by atoms with Gasteiger partial charge >= 0.3 is 0 Å². The minimum atomic E-state index is -0.179. The normalized spacial score (nSPS) is 13.9. The Hall–Kier alpha value is -3.03. The summed E-state index contributed by atoms with van der Waals surface area (Å²) >= 11 is 0. The van der Waals surface area contributed by atoms with Crippen LogP contribution in [0.2, 0.25) is 0 Å². The SMILES string of the molecule is O=C(Cn1nnc2ccccc21)NCCn1nc(C2CC2)ccc1=O. The van der Waals surface area contributed by atoms with Crippen molar-refractivity contribution in [2.75, 3.05) is 6.54 Å². The number of hydrogen-bond acceptors (Lipinski definition) is 5. The van der Waals surface area contributed by atoms with E-state index in [0.29, 0.717) is 19.0 Å². The van der Waals surface area contributed by atoms with Crippen LogP contribution >= 0.6 is 0 Å². The summed E-state index contributed by atoms with van der Waals surface area (Å²) in [6.07, 6.45) is 2.27. The van der Waals surface area contributed by atoms with Gasteiger partial charge in [-0.15, -0.1) is 5.10 Å². The van der Waals surface area contributed by atoms with Crippen LogP contribution in [0.5, 0.6) is 0 Å². The van der Waals surface area contributed by atoms with E-state index in [1.807, 2.05) is 24.3 Å². The fraction of sp³-hybridized carbons (Fsp3) is 0.353. The molecule has 1 aliphatic rings. The summed E-state index contributed by atoms with van der Waals surface area (Å²) in [5.41, 5.74) is 2.37. The van der Waals surface area contributed by atoms with Crippen LogP contribution in [0, 0.1) is 0 Å². The van der Waals surface area contributed by atoms with E-state index >= 15 is 0 Å². The van der Waals surface area contributed by atoms with Crippen molar-refractivity contribution in [3.05, 3.63) is 52.4 Å². The standard InChI is InChI=1S/C17H18N6O2/c24-16(11-23-15-4-2-1-3-14(15)19-21-23)18-9-10-22-17(25)8-7-13(20-22)12-5-6-12/h1-4,7-8,12H,5-6,9-11H2,(H,18,24). The second-order valence-electron chi connectivity index (χ2n) is 6.18. The Labute approximate surface area is 143 Å². The predicted octanol–water partition coefficient (Wildman–Crippen LogP) is 0.682. The maximum atomic E-state index is 12.1. The van der Waals surface area contributed by atoms with Crippen LogP contribution in [0.15, 0.2) is 41.2 Å². The van der Waals surface area contributed by atoms with Crippen molar-refractivity contribution in [1.29, 1.82) is 0 Å². The molecule has 0 aliphatic heterocycles. The summed E-state index contributed by atoms with van der Waals surface area (Å²) in [5.74, 6) is 0.309. The molecule has 8 nitrogen and oxygen atoms in total. The lowest BCUT2D eigenvalue weighted by atomic mass is 10.3. The average Bonchev–Trinajstić information content (AvgIpc) is 3.39. The van der Waals surface area contributed by atoms with Crippen molar-refractivity contribution in [3.63, 3.8) is 0 Å². The van der Waals surface area contributed by atoms with E-state index in [1.165, 1.54) is 4.68 Å². The maximum absolute atomic E-state index is 12.1.